The molecule has 0 spiro atoms. The lowest BCUT2D eigenvalue weighted by molar-refractivity contribution is -0.152. The number of hydrogen-bond donors (Lipinski definition) is 2. The molecule has 1 aliphatic heterocycles. The average molecular weight is 488 g/mol. The summed E-state index contributed by atoms with van der Waals surface area (Å²) >= 11 is 3.27. The molecule has 31 heavy (non-hydrogen) atoms. The normalized spacial score (nSPS) is 15.5. The summed E-state index contributed by atoms with van der Waals surface area (Å²) in [5, 5.41) is 0. The van der Waals surface area contributed by atoms with E-state index >= 15 is 0 Å². The minimum absolute atomic E-state index is 0.0220. The highest BCUT2D eigenvalue weighted by molar-refractivity contribution is 9.10. The summed E-state index contributed by atoms with van der Waals surface area (Å²) in [5.41, 5.74) is 7.61. The minimum atomic E-state index is -0.686. The molecule has 2 N–H and O–H groups in total. The van der Waals surface area contributed by atoms with E-state index in [1.807, 2.05) is 32.0 Å². The number of hydrazine groups is 1. The predicted octanol–water partition coefficient (Wildman–Crippen LogP) is 2.42. The van der Waals surface area contributed by atoms with Crippen LogP contribution in [0.1, 0.15) is 27.9 Å². The number of ether oxygens (including phenoxy) is 1. The molecule has 9 heteroatoms. The Morgan fingerprint density at radius 1 is 1.10 bits per heavy atom. The van der Waals surface area contributed by atoms with Gasteiger partial charge in [-0.2, -0.15) is 0 Å². The van der Waals surface area contributed by atoms with Crippen molar-refractivity contribution in [1.82, 2.24) is 10.9 Å². The second-order valence-electron chi connectivity index (χ2n) is 7.24. The molecule has 0 unspecified atom stereocenters. The van der Waals surface area contributed by atoms with E-state index in [1.165, 1.54) is 0 Å². The van der Waals surface area contributed by atoms with Gasteiger partial charge in [0.25, 0.3) is 11.8 Å². The first-order chi connectivity index (χ1) is 14.8. The first kappa shape index (κ1) is 22.5. The zero-order valence-electron chi connectivity index (χ0n) is 17.1. The molecule has 1 heterocycles. The molecule has 0 radical (unpaired) electrons. The molecule has 0 aromatic heterocycles. The molecule has 162 valence electrons. The van der Waals surface area contributed by atoms with Crippen LogP contribution in [0.4, 0.5) is 5.69 Å². The van der Waals surface area contributed by atoms with Crippen LogP contribution < -0.4 is 15.8 Å². The lowest BCUT2D eigenvalue weighted by Crippen LogP contribution is -2.43. The van der Waals surface area contributed by atoms with Crippen molar-refractivity contribution in [3.63, 3.8) is 0 Å². The van der Waals surface area contributed by atoms with Crippen molar-refractivity contribution in [2.24, 2.45) is 5.92 Å². The zero-order chi connectivity index (χ0) is 22.5. The molecular formula is C22H22BrN3O5. The molecular weight excluding hydrogens is 466 g/mol. The Balaban J connectivity index is 1.47. The van der Waals surface area contributed by atoms with Crippen LogP contribution >= 0.6 is 15.9 Å². The third-order valence-corrected chi connectivity index (χ3v) is 5.62. The second kappa shape index (κ2) is 9.74. The lowest BCUT2D eigenvalue weighted by Gasteiger charge is -2.20. The van der Waals surface area contributed by atoms with Gasteiger partial charge in [0.15, 0.2) is 6.61 Å². The Labute approximate surface area is 188 Å². The first-order valence-electron chi connectivity index (χ1n) is 9.64. The molecule has 2 aromatic carbocycles. The molecule has 1 atom stereocenters. The summed E-state index contributed by atoms with van der Waals surface area (Å²) in [7, 11) is 0. The largest absolute Gasteiger partial charge is 0.455 e. The van der Waals surface area contributed by atoms with Crippen LogP contribution in [0.25, 0.3) is 0 Å². The van der Waals surface area contributed by atoms with Gasteiger partial charge >= 0.3 is 5.97 Å². The number of rotatable bonds is 5. The van der Waals surface area contributed by atoms with Gasteiger partial charge in [0.05, 0.1) is 5.92 Å². The van der Waals surface area contributed by atoms with E-state index in [2.05, 4.69) is 26.8 Å². The molecule has 3 amide bonds. The van der Waals surface area contributed by atoms with Crippen LogP contribution in [-0.4, -0.2) is 36.8 Å². The van der Waals surface area contributed by atoms with Crippen molar-refractivity contribution < 1.29 is 23.9 Å². The quantitative estimate of drug-likeness (QED) is 0.497. The fourth-order valence-corrected chi connectivity index (χ4v) is 3.48. The Kier molecular flexibility index (Phi) is 7.06. The van der Waals surface area contributed by atoms with Crippen LogP contribution in [0.5, 0.6) is 0 Å². The average Bonchev–Trinajstić information content (AvgIpc) is 3.14. The molecule has 3 rings (SSSR count). The monoisotopic (exact) mass is 487 g/mol. The summed E-state index contributed by atoms with van der Waals surface area (Å²) in [6, 6.07) is 12.2. The first-order valence-corrected chi connectivity index (χ1v) is 10.4. The number of halogens is 1. The number of aryl methyl sites for hydroxylation is 1. The second-order valence-corrected chi connectivity index (χ2v) is 8.16. The molecule has 1 saturated heterocycles. The van der Waals surface area contributed by atoms with Gasteiger partial charge < -0.3 is 9.64 Å². The Morgan fingerprint density at radius 3 is 2.52 bits per heavy atom. The number of esters is 1. The van der Waals surface area contributed by atoms with Crippen molar-refractivity contribution in [3.05, 3.63) is 63.6 Å². The van der Waals surface area contributed by atoms with Crippen molar-refractivity contribution in [2.75, 3.05) is 18.1 Å². The number of anilines is 1. The Hall–Kier alpha value is -3.20. The number of nitrogens with zero attached hydrogens (tertiary/aromatic N) is 1. The number of benzene rings is 2. The molecule has 1 aliphatic rings. The van der Waals surface area contributed by atoms with E-state index in [1.54, 1.807) is 29.2 Å². The van der Waals surface area contributed by atoms with E-state index in [0.29, 0.717) is 5.56 Å². The predicted molar refractivity (Wildman–Crippen MR) is 117 cm³/mol. The van der Waals surface area contributed by atoms with Crippen molar-refractivity contribution >= 4 is 45.3 Å². The van der Waals surface area contributed by atoms with Gasteiger partial charge in [-0.1, -0.05) is 28.1 Å². The van der Waals surface area contributed by atoms with Gasteiger partial charge in [0.2, 0.25) is 5.91 Å². The third-order valence-electron chi connectivity index (χ3n) is 5.09. The van der Waals surface area contributed by atoms with Crippen molar-refractivity contribution in [2.45, 2.75) is 20.3 Å². The van der Waals surface area contributed by atoms with E-state index in [4.69, 9.17) is 4.74 Å². The van der Waals surface area contributed by atoms with Crippen LogP contribution in [0, 0.1) is 19.8 Å². The van der Waals surface area contributed by atoms with Crippen molar-refractivity contribution in [1.29, 1.82) is 0 Å². The number of carbonyl (C=O) groups excluding carboxylic acids is 4. The number of amides is 3. The lowest BCUT2D eigenvalue weighted by atomic mass is 10.1. The molecule has 0 bridgehead atoms. The maximum absolute atomic E-state index is 12.4. The van der Waals surface area contributed by atoms with E-state index < -0.39 is 30.3 Å². The SMILES string of the molecule is Cc1cccc(N2C[C@H](C(=O)OCC(=O)NNC(=O)c3ccc(Br)cc3)CC2=O)c1C. The van der Waals surface area contributed by atoms with Crippen molar-refractivity contribution in [3.8, 4) is 0 Å². The number of hydrogen-bond acceptors (Lipinski definition) is 5. The summed E-state index contributed by atoms with van der Waals surface area (Å²) in [4.78, 5) is 50.2. The third kappa shape index (κ3) is 5.49. The fourth-order valence-electron chi connectivity index (χ4n) is 3.22. The molecule has 8 nitrogen and oxygen atoms in total. The minimum Gasteiger partial charge on any atom is -0.455 e. The van der Waals surface area contributed by atoms with Gasteiger partial charge in [-0.3, -0.25) is 30.0 Å². The fraction of sp³-hybridized carbons (Fsp3) is 0.273. The zero-order valence-corrected chi connectivity index (χ0v) is 18.7. The highest BCUT2D eigenvalue weighted by Gasteiger charge is 2.37. The molecule has 1 fully saturated rings. The number of carbonyl (C=O) groups is 4. The van der Waals surface area contributed by atoms with Crippen LogP contribution in [0.2, 0.25) is 0 Å². The Morgan fingerprint density at radius 2 is 1.81 bits per heavy atom. The smallest absolute Gasteiger partial charge is 0.311 e. The topological polar surface area (TPSA) is 105 Å². The van der Waals surface area contributed by atoms with Gasteiger partial charge in [-0.15, -0.1) is 0 Å². The van der Waals surface area contributed by atoms with Gasteiger partial charge in [-0.05, 0) is 55.3 Å². The summed E-state index contributed by atoms with van der Waals surface area (Å²) < 4.78 is 5.86. The molecule has 2 aromatic rings. The molecule has 0 aliphatic carbocycles. The van der Waals surface area contributed by atoms with Gasteiger partial charge in [0, 0.05) is 28.7 Å². The van der Waals surface area contributed by atoms with Gasteiger partial charge in [0.1, 0.15) is 0 Å². The maximum Gasteiger partial charge on any atom is 0.311 e. The highest BCUT2D eigenvalue weighted by Crippen LogP contribution is 2.29. The van der Waals surface area contributed by atoms with Crippen LogP contribution in [0.3, 0.4) is 0 Å². The van der Waals surface area contributed by atoms with E-state index in [0.717, 1.165) is 21.3 Å². The Bertz CT molecular complexity index is 1020. The maximum atomic E-state index is 12.4. The number of nitrogens with one attached hydrogen (secondary N) is 2. The highest BCUT2D eigenvalue weighted by atomic mass is 79.9. The van der Waals surface area contributed by atoms with Crippen LogP contribution in [0.15, 0.2) is 46.9 Å². The summed E-state index contributed by atoms with van der Waals surface area (Å²) in [5.74, 6) is -2.64. The van der Waals surface area contributed by atoms with Gasteiger partial charge in [-0.25, -0.2) is 0 Å². The molecule has 0 saturated carbocycles. The summed E-state index contributed by atoms with van der Waals surface area (Å²) in [6.45, 7) is 3.52. The van der Waals surface area contributed by atoms with E-state index in [9.17, 15) is 19.2 Å². The van der Waals surface area contributed by atoms with Crippen LogP contribution in [-0.2, 0) is 19.1 Å². The standard InChI is InChI=1S/C22H22BrN3O5/c1-13-4-3-5-18(14(13)2)26-11-16(10-20(26)28)22(30)31-12-19(27)24-25-21(29)15-6-8-17(23)9-7-15/h3-9,16H,10-12H2,1-2H3,(H,24,27)(H,25,29)/t16-/m1/s1. The summed E-state index contributed by atoms with van der Waals surface area (Å²) in [6.07, 6.45) is 0.0220. The van der Waals surface area contributed by atoms with E-state index in [-0.39, 0.29) is 18.9 Å².